The first-order valence-corrected chi connectivity index (χ1v) is 8.00. The molecule has 0 bridgehead atoms. The Labute approximate surface area is 107 Å². The molecule has 17 heavy (non-hydrogen) atoms. The van der Waals surface area contributed by atoms with Crippen molar-refractivity contribution < 1.29 is 8.42 Å². The molecule has 1 aromatic rings. The summed E-state index contributed by atoms with van der Waals surface area (Å²) in [7, 11) is -2.91. The zero-order chi connectivity index (χ0) is 12.5. The molecule has 1 aliphatic rings. The summed E-state index contributed by atoms with van der Waals surface area (Å²) in [4.78, 5) is 0. The minimum absolute atomic E-state index is 0.0615. The number of nitrogens with one attached hydrogen (secondary N) is 1. The molecule has 5 heteroatoms. The molecule has 0 atom stereocenters. The van der Waals surface area contributed by atoms with Gasteiger partial charge >= 0.3 is 0 Å². The summed E-state index contributed by atoms with van der Waals surface area (Å²) in [5, 5.41) is 3.92. The summed E-state index contributed by atoms with van der Waals surface area (Å²) < 4.78 is 22.5. The molecular formula is C12H16ClNO2S. The molecular weight excluding hydrogens is 258 g/mol. The van der Waals surface area contributed by atoms with E-state index in [4.69, 9.17) is 11.6 Å². The largest absolute Gasteiger partial charge is 0.315 e. The average molecular weight is 274 g/mol. The van der Waals surface area contributed by atoms with E-state index in [-0.39, 0.29) is 11.2 Å². The van der Waals surface area contributed by atoms with Crippen LogP contribution in [-0.4, -0.2) is 33.5 Å². The van der Waals surface area contributed by atoms with Crippen LogP contribution < -0.4 is 5.32 Å². The van der Waals surface area contributed by atoms with Gasteiger partial charge in [0.15, 0.2) is 0 Å². The maximum Gasteiger partial charge on any atom is 0.147 e. The van der Waals surface area contributed by atoms with E-state index in [9.17, 15) is 8.42 Å². The summed E-state index contributed by atoms with van der Waals surface area (Å²) in [6.07, 6.45) is 1.93. The summed E-state index contributed by atoms with van der Waals surface area (Å²) in [6, 6.07) is 7.71. The highest BCUT2D eigenvalue weighted by Crippen LogP contribution is 2.33. The van der Waals surface area contributed by atoms with Crippen LogP contribution in [0.1, 0.15) is 12.0 Å². The second kappa shape index (κ2) is 4.59. The Kier molecular flexibility index (Phi) is 3.48. The minimum Gasteiger partial charge on any atom is -0.315 e. The fourth-order valence-electron chi connectivity index (χ4n) is 2.15. The molecule has 0 aliphatic carbocycles. The van der Waals surface area contributed by atoms with E-state index >= 15 is 0 Å². The molecule has 1 aromatic carbocycles. The van der Waals surface area contributed by atoms with E-state index in [0.717, 1.165) is 18.7 Å². The van der Waals surface area contributed by atoms with E-state index in [1.807, 2.05) is 24.3 Å². The fourth-order valence-corrected chi connectivity index (χ4v) is 3.10. The van der Waals surface area contributed by atoms with Crippen molar-refractivity contribution in [2.24, 2.45) is 0 Å². The number of sulfone groups is 1. The van der Waals surface area contributed by atoms with Crippen LogP contribution in [0.4, 0.5) is 0 Å². The summed E-state index contributed by atoms with van der Waals surface area (Å²) in [5.41, 5.74) is 1.07. The first kappa shape index (κ1) is 12.9. The van der Waals surface area contributed by atoms with Gasteiger partial charge in [0.1, 0.15) is 9.84 Å². The Hall–Kier alpha value is -0.580. The van der Waals surface area contributed by atoms with Crippen LogP contribution in [0.15, 0.2) is 24.3 Å². The number of benzene rings is 1. The first-order chi connectivity index (χ1) is 7.91. The molecule has 0 aromatic heterocycles. The van der Waals surface area contributed by atoms with Crippen molar-refractivity contribution in [1.29, 1.82) is 0 Å². The van der Waals surface area contributed by atoms with E-state index in [1.165, 1.54) is 6.26 Å². The average Bonchev–Trinajstić information content (AvgIpc) is 2.14. The van der Waals surface area contributed by atoms with Crippen LogP contribution in [0.2, 0.25) is 5.02 Å². The zero-order valence-electron chi connectivity index (χ0n) is 9.74. The lowest BCUT2D eigenvalue weighted by Crippen LogP contribution is -2.57. The van der Waals surface area contributed by atoms with Crippen molar-refractivity contribution in [3.63, 3.8) is 0 Å². The van der Waals surface area contributed by atoms with Gasteiger partial charge in [0.2, 0.25) is 0 Å². The second-order valence-corrected chi connectivity index (χ2v) is 7.47. The molecule has 1 aliphatic heterocycles. The second-order valence-electron chi connectivity index (χ2n) is 4.77. The third-order valence-electron chi connectivity index (χ3n) is 3.32. The van der Waals surface area contributed by atoms with Crippen LogP contribution in [0.5, 0.6) is 0 Å². The molecule has 3 nitrogen and oxygen atoms in total. The Bertz CT molecular complexity index is 509. The molecule has 1 heterocycles. The van der Waals surface area contributed by atoms with Gasteiger partial charge in [-0.3, -0.25) is 0 Å². The first-order valence-electron chi connectivity index (χ1n) is 5.56. The Morgan fingerprint density at radius 3 is 2.59 bits per heavy atom. The molecule has 0 unspecified atom stereocenters. The molecule has 1 fully saturated rings. The van der Waals surface area contributed by atoms with Crippen molar-refractivity contribution >= 4 is 21.4 Å². The Morgan fingerprint density at radius 2 is 2.12 bits per heavy atom. The fraction of sp³-hybridized carbons (Fsp3) is 0.500. The molecule has 0 radical (unpaired) electrons. The van der Waals surface area contributed by atoms with Crippen LogP contribution in [0.3, 0.4) is 0 Å². The van der Waals surface area contributed by atoms with Gasteiger partial charge in [0, 0.05) is 29.8 Å². The summed E-state index contributed by atoms with van der Waals surface area (Å²) in [6.45, 7) is 1.64. The van der Waals surface area contributed by atoms with Gasteiger partial charge in [0.05, 0.1) is 5.75 Å². The highest BCUT2D eigenvalue weighted by Gasteiger charge is 2.38. The number of halogens is 1. The van der Waals surface area contributed by atoms with E-state index in [2.05, 4.69) is 5.32 Å². The monoisotopic (exact) mass is 273 g/mol. The van der Waals surface area contributed by atoms with Gasteiger partial charge in [-0.05, 0) is 24.1 Å². The quantitative estimate of drug-likeness (QED) is 0.907. The normalized spacial score (nSPS) is 18.7. The number of hydrogen-bond acceptors (Lipinski definition) is 3. The summed E-state index contributed by atoms with van der Waals surface area (Å²) in [5.74, 6) is 0.223. The van der Waals surface area contributed by atoms with Crippen molar-refractivity contribution in [1.82, 2.24) is 5.32 Å². The SMILES string of the molecule is CS(=O)(=O)CCC1(c2cccc(Cl)c2)CNC1. The van der Waals surface area contributed by atoms with Gasteiger partial charge in [0.25, 0.3) is 0 Å². The van der Waals surface area contributed by atoms with E-state index < -0.39 is 9.84 Å². The molecule has 2 rings (SSSR count). The number of rotatable bonds is 4. The van der Waals surface area contributed by atoms with Crippen LogP contribution in [-0.2, 0) is 15.3 Å². The number of hydrogen-bond donors (Lipinski definition) is 1. The van der Waals surface area contributed by atoms with Gasteiger partial charge in [-0.15, -0.1) is 0 Å². The molecule has 0 saturated carbocycles. The molecule has 1 N–H and O–H groups in total. The van der Waals surface area contributed by atoms with Crippen LogP contribution >= 0.6 is 11.6 Å². The Balaban J connectivity index is 2.20. The molecule has 0 spiro atoms. The predicted octanol–water partition coefficient (Wildman–Crippen LogP) is 1.62. The lowest BCUT2D eigenvalue weighted by molar-refractivity contribution is 0.268. The lowest BCUT2D eigenvalue weighted by atomic mass is 9.73. The minimum atomic E-state index is -2.91. The summed E-state index contributed by atoms with van der Waals surface area (Å²) >= 11 is 5.98. The molecule has 0 amide bonds. The van der Waals surface area contributed by atoms with Gasteiger partial charge in [-0.1, -0.05) is 23.7 Å². The predicted molar refractivity (Wildman–Crippen MR) is 70.3 cm³/mol. The highest BCUT2D eigenvalue weighted by molar-refractivity contribution is 7.90. The van der Waals surface area contributed by atoms with Gasteiger partial charge in [-0.25, -0.2) is 8.42 Å². The standard InChI is InChI=1S/C12H16ClNO2S/c1-17(15,16)6-5-12(8-14-9-12)10-3-2-4-11(13)7-10/h2-4,7,14H,5-6,8-9H2,1H3. The molecule has 1 saturated heterocycles. The maximum atomic E-state index is 11.3. The van der Waals surface area contributed by atoms with E-state index in [1.54, 1.807) is 0 Å². The third kappa shape index (κ3) is 3.00. The molecule has 94 valence electrons. The van der Waals surface area contributed by atoms with Crippen molar-refractivity contribution in [2.45, 2.75) is 11.8 Å². The van der Waals surface area contributed by atoms with E-state index in [0.29, 0.717) is 11.4 Å². The highest BCUT2D eigenvalue weighted by atomic mass is 35.5. The topological polar surface area (TPSA) is 46.2 Å². The van der Waals surface area contributed by atoms with Crippen LogP contribution in [0, 0.1) is 0 Å². The van der Waals surface area contributed by atoms with Crippen molar-refractivity contribution in [2.75, 3.05) is 25.1 Å². The van der Waals surface area contributed by atoms with Crippen molar-refractivity contribution in [3.8, 4) is 0 Å². The van der Waals surface area contributed by atoms with Crippen LogP contribution in [0.25, 0.3) is 0 Å². The zero-order valence-corrected chi connectivity index (χ0v) is 11.3. The Morgan fingerprint density at radius 1 is 1.41 bits per heavy atom. The van der Waals surface area contributed by atoms with Gasteiger partial charge < -0.3 is 5.32 Å². The third-order valence-corrected chi connectivity index (χ3v) is 4.50. The van der Waals surface area contributed by atoms with Gasteiger partial charge in [-0.2, -0.15) is 0 Å². The van der Waals surface area contributed by atoms with Crippen molar-refractivity contribution in [3.05, 3.63) is 34.9 Å². The lowest BCUT2D eigenvalue weighted by Gasteiger charge is -2.43. The smallest absolute Gasteiger partial charge is 0.147 e. The maximum absolute atomic E-state index is 11.3.